The molecule has 10 atom stereocenters. The Morgan fingerprint density at radius 1 is 0.663 bits per heavy atom. The van der Waals surface area contributed by atoms with E-state index in [2.05, 4.69) is 16.0 Å². The molecule has 0 aliphatic carbocycles. The third-order valence-electron chi connectivity index (χ3n) is 16.2. The minimum atomic E-state index is -2.01. The summed E-state index contributed by atoms with van der Waals surface area (Å²) in [7, 11) is 5.51. The fourth-order valence-corrected chi connectivity index (χ4v) is 11.4. The summed E-state index contributed by atoms with van der Waals surface area (Å²) in [5, 5.41) is 20.3. The first-order chi connectivity index (χ1) is 40.5. The Bertz CT molecular complexity index is 2660. The van der Waals surface area contributed by atoms with Gasteiger partial charge in [0.25, 0.3) is 5.91 Å². The summed E-state index contributed by atoms with van der Waals surface area (Å²) in [5.74, 6) is -9.68. The van der Waals surface area contributed by atoms with E-state index in [1.807, 2.05) is 39.0 Å². The Labute approximate surface area is 509 Å². The largest absolute Gasteiger partial charge is 0.465 e. The lowest BCUT2D eigenvalue weighted by Gasteiger charge is -2.39. The minimum Gasteiger partial charge on any atom is -0.465 e. The van der Waals surface area contributed by atoms with E-state index in [-0.39, 0.29) is 57.6 Å². The number of benzene rings is 2. The van der Waals surface area contributed by atoms with Gasteiger partial charge in [0.2, 0.25) is 41.4 Å². The van der Waals surface area contributed by atoms with Gasteiger partial charge >= 0.3 is 11.9 Å². The third-order valence-corrected chi connectivity index (χ3v) is 16.2. The van der Waals surface area contributed by atoms with Crippen LogP contribution in [0.2, 0.25) is 0 Å². The summed E-state index contributed by atoms with van der Waals surface area (Å²) < 4.78 is 11.6. The second kappa shape index (κ2) is 33.1. The molecule has 4 N–H and O–H groups in total. The number of fused-ring (bicyclic) bond motifs is 1. The molecule has 2 aliphatic rings. The molecule has 0 spiro atoms. The number of likely N-dealkylation sites (N-methyl/N-ethyl adjacent to an activating group) is 4. The van der Waals surface area contributed by atoms with Crippen LogP contribution < -0.4 is 16.0 Å². The predicted molar refractivity (Wildman–Crippen MR) is 326 cm³/mol. The van der Waals surface area contributed by atoms with Crippen LogP contribution in [0.1, 0.15) is 139 Å². The quantitative estimate of drug-likeness (QED) is 0.0871. The Morgan fingerprint density at radius 2 is 1.17 bits per heavy atom. The van der Waals surface area contributed by atoms with Crippen molar-refractivity contribution >= 4 is 59.2 Å². The average Bonchev–Trinajstić information content (AvgIpc) is 2.03. The van der Waals surface area contributed by atoms with Gasteiger partial charge in [0.1, 0.15) is 42.3 Å². The monoisotopic (exact) mass is 1200 g/mol. The number of allylic oxidation sites excluding steroid dienone is 1. The number of aliphatic hydroxyl groups is 1. The fraction of sp³-hybridized carbons (Fsp3) is 0.631. The maximum absolute atomic E-state index is 15.4. The van der Waals surface area contributed by atoms with Crippen molar-refractivity contribution in [1.29, 1.82) is 0 Å². The van der Waals surface area contributed by atoms with Crippen LogP contribution in [0.15, 0.2) is 72.8 Å². The predicted octanol–water partition coefficient (Wildman–Crippen LogP) is 5.01. The van der Waals surface area contributed by atoms with Gasteiger partial charge in [0, 0.05) is 59.9 Å². The van der Waals surface area contributed by atoms with Crippen molar-refractivity contribution in [3.63, 3.8) is 0 Å². The number of amides is 8. The number of ether oxygens (including phenoxy) is 2. The Hall–Kier alpha value is -7.16. The lowest BCUT2D eigenvalue weighted by molar-refractivity contribution is -0.177. The van der Waals surface area contributed by atoms with E-state index in [9.17, 15) is 33.9 Å². The second-order valence-corrected chi connectivity index (χ2v) is 24.8. The molecule has 21 nitrogen and oxygen atoms in total. The van der Waals surface area contributed by atoms with E-state index >= 15 is 19.2 Å². The number of hydrogen-bond donors (Lipinski definition) is 4. The van der Waals surface area contributed by atoms with Crippen LogP contribution in [-0.4, -0.2) is 190 Å². The molecule has 2 heterocycles. The van der Waals surface area contributed by atoms with Gasteiger partial charge < -0.3 is 55.0 Å². The molecule has 0 unspecified atom stereocenters. The number of cyclic esters (lactones) is 1. The van der Waals surface area contributed by atoms with Crippen molar-refractivity contribution in [2.24, 2.45) is 23.7 Å². The minimum absolute atomic E-state index is 0.00498. The maximum atomic E-state index is 15.4. The van der Waals surface area contributed by atoms with Gasteiger partial charge in [-0.2, -0.15) is 0 Å². The zero-order valence-corrected chi connectivity index (χ0v) is 53.5. The first-order valence-corrected chi connectivity index (χ1v) is 30.6. The first-order valence-electron chi connectivity index (χ1n) is 30.6. The molecule has 0 saturated carbocycles. The highest BCUT2D eigenvalue weighted by molar-refractivity contribution is 5.99. The van der Waals surface area contributed by atoms with Crippen molar-refractivity contribution in [2.75, 3.05) is 41.3 Å². The summed E-state index contributed by atoms with van der Waals surface area (Å²) in [4.78, 5) is 154. The molecule has 4 rings (SSSR count). The van der Waals surface area contributed by atoms with Gasteiger partial charge in [-0.3, -0.25) is 43.2 Å². The summed E-state index contributed by atoms with van der Waals surface area (Å²) in [6.45, 7) is 18.7. The Balaban J connectivity index is 1.97. The SMILES string of the molecule is CC/C=C/CCOC(=O)CC[C@@H]1NC(=O)[C@@H]2CCCN2C(=O)[C@H](Cc2ccccc2)N(C)C(=O)[C@H](Cc2ccccc2)NC(=O)[C@H](C(C)C)N(C)C(=O)[C@@H]([C@H](C)CC)OC(=O)[C@H](C(C)(C)O)N(C)C(=O)[C@H](CC(C)C)NC(=O)[C@H](C(C)C)N(C)C1=O. The van der Waals surface area contributed by atoms with Crippen LogP contribution in [0.4, 0.5) is 0 Å². The van der Waals surface area contributed by atoms with Crippen molar-refractivity contribution in [2.45, 2.75) is 200 Å². The molecule has 0 bridgehead atoms. The molecular formula is C65H98N8O13. The number of esters is 2. The number of rotatable bonds is 18. The molecule has 8 amide bonds. The topological polar surface area (TPSA) is 262 Å². The average molecular weight is 1200 g/mol. The lowest BCUT2D eigenvalue weighted by Crippen LogP contribution is -2.62. The lowest BCUT2D eigenvalue weighted by atomic mass is 9.94. The maximum Gasteiger partial charge on any atom is 0.332 e. The summed E-state index contributed by atoms with van der Waals surface area (Å²) in [5.41, 5.74) is -0.658. The van der Waals surface area contributed by atoms with Gasteiger partial charge in [-0.25, -0.2) is 4.79 Å². The highest BCUT2D eigenvalue weighted by Gasteiger charge is 2.48. The van der Waals surface area contributed by atoms with Gasteiger partial charge in [0.05, 0.1) is 12.2 Å². The molecule has 2 aliphatic heterocycles. The van der Waals surface area contributed by atoms with Crippen LogP contribution in [0.25, 0.3) is 0 Å². The molecule has 2 saturated heterocycles. The molecule has 21 heteroatoms. The highest BCUT2D eigenvalue weighted by atomic mass is 16.6. The number of nitrogens with one attached hydrogen (secondary N) is 3. The summed E-state index contributed by atoms with van der Waals surface area (Å²) in [6, 6.07) is 7.12. The van der Waals surface area contributed by atoms with Crippen molar-refractivity contribution in [3.05, 3.63) is 83.9 Å². The summed E-state index contributed by atoms with van der Waals surface area (Å²) >= 11 is 0. The first kappa shape index (κ1) is 71.3. The molecule has 86 heavy (non-hydrogen) atoms. The van der Waals surface area contributed by atoms with E-state index in [0.29, 0.717) is 30.4 Å². The third kappa shape index (κ3) is 19.4. The van der Waals surface area contributed by atoms with E-state index < -0.39 is 137 Å². The van der Waals surface area contributed by atoms with Crippen LogP contribution in [-0.2, 0) is 70.3 Å². The number of nitrogens with zero attached hydrogens (tertiary/aromatic N) is 5. The van der Waals surface area contributed by atoms with Crippen LogP contribution in [0, 0.1) is 23.7 Å². The molecule has 2 aromatic carbocycles. The van der Waals surface area contributed by atoms with E-state index in [4.69, 9.17) is 9.47 Å². The van der Waals surface area contributed by atoms with Crippen molar-refractivity contribution in [3.8, 4) is 0 Å². The molecular weight excluding hydrogens is 1100 g/mol. The van der Waals surface area contributed by atoms with E-state index in [0.717, 1.165) is 16.2 Å². The standard InChI is InChI=1S/C65H98N8O13/c1-16-18-19-26-36-85-51(74)34-33-46-59(78)70(13)52(41(5)6)57(76)67-47(37-40(3)4)61(80)72(15)55(65(10,11)84)64(83)86-54(43(9)17-2)63(82)71(14)53(42(7)8)58(77)68-48(38-44-28-22-20-23-29-44)60(79)69(12)50(39-45-30-24-21-25-31-45)62(81)73-35-27-32-49(73)56(75)66-46/h18-25,28-31,40-43,46-50,52-55,84H,16-17,26-27,32-39H2,1-15H3,(H,66,75)(H,67,76)(H,68,77)/b19-18+/t43-,46+,47+,48+,49+,50+,52+,53+,54-,55-/m1/s1. The number of hydrogen-bond acceptors (Lipinski definition) is 13. The summed E-state index contributed by atoms with van der Waals surface area (Å²) in [6.07, 6.45) is 3.79. The van der Waals surface area contributed by atoms with Crippen molar-refractivity contribution < 1.29 is 62.5 Å². The molecule has 2 aromatic rings. The molecule has 476 valence electrons. The van der Waals surface area contributed by atoms with Crippen LogP contribution in [0.5, 0.6) is 0 Å². The van der Waals surface area contributed by atoms with Gasteiger partial charge in [-0.05, 0) is 87.7 Å². The Morgan fingerprint density at radius 3 is 1.70 bits per heavy atom. The number of carbonyl (C=O) groups is 10. The highest BCUT2D eigenvalue weighted by Crippen LogP contribution is 2.27. The van der Waals surface area contributed by atoms with Crippen LogP contribution >= 0.6 is 0 Å². The normalized spacial score (nSPS) is 24.9. The van der Waals surface area contributed by atoms with Gasteiger partial charge in [-0.1, -0.05) is 135 Å². The van der Waals surface area contributed by atoms with E-state index in [1.54, 1.807) is 96.1 Å². The zero-order valence-electron chi connectivity index (χ0n) is 53.5. The van der Waals surface area contributed by atoms with Crippen molar-refractivity contribution in [1.82, 2.24) is 40.4 Å². The zero-order chi connectivity index (χ0) is 64.3. The molecule has 0 aromatic heterocycles. The molecule has 0 radical (unpaired) electrons. The fourth-order valence-electron chi connectivity index (χ4n) is 11.4. The number of carbonyl (C=O) groups excluding carboxylic acids is 10. The smallest absolute Gasteiger partial charge is 0.332 e. The second-order valence-electron chi connectivity index (χ2n) is 24.8. The van der Waals surface area contributed by atoms with Gasteiger partial charge in [-0.15, -0.1) is 0 Å². The van der Waals surface area contributed by atoms with Crippen LogP contribution in [0.3, 0.4) is 0 Å². The molecule has 2 fully saturated rings. The van der Waals surface area contributed by atoms with E-state index in [1.165, 1.54) is 56.7 Å². The Kier molecular flexibility index (Phi) is 27.4. The van der Waals surface area contributed by atoms with Gasteiger partial charge in [0.15, 0.2) is 12.1 Å².